The Kier molecular flexibility index (Phi) is 2.43. The topological polar surface area (TPSA) is 30.0 Å². The number of aromatic nitrogens is 1. The summed E-state index contributed by atoms with van der Waals surface area (Å²) in [5.41, 5.74) is 3.39. The fraction of sp³-hybridized carbons (Fsp3) is 0.333. The molecule has 0 amide bonds. The lowest BCUT2D eigenvalue weighted by molar-refractivity contribution is -0.117. The number of rotatable bonds is 1. The smallest absolute Gasteiger partial charge is 0.133 e. The molecule has 1 fully saturated rings. The number of pyridine rings is 1. The van der Waals surface area contributed by atoms with Crippen molar-refractivity contribution in [3.63, 3.8) is 0 Å². The van der Waals surface area contributed by atoms with E-state index in [1.54, 1.807) is 0 Å². The van der Waals surface area contributed by atoms with Gasteiger partial charge in [-0.3, -0.25) is 9.78 Å². The van der Waals surface area contributed by atoms with Crippen LogP contribution in [0.25, 0.3) is 10.9 Å². The van der Waals surface area contributed by atoms with E-state index >= 15 is 0 Å². The van der Waals surface area contributed by atoms with E-state index < -0.39 is 0 Å². The summed E-state index contributed by atoms with van der Waals surface area (Å²) >= 11 is 0. The Bertz CT molecular complexity index is 588. The van der Waals surface area contributed by atoms with E-state index in [1.807, 2.05) is 25.1 Å². The van der Waals surface area contributed by atoms with Gasteiger partial charge in [-0.25, -0.2) is 0 Å². The summed E-state index contributed by atoms with van der Waals surface area (Å²) in [6.07, 6.45) is 2.43. The first-order valence-electron chi connectivity index (χ1n) is 6.12. The average molecular weight is 225 g/mol. The average Bonchev–Trinajstić information content (AvgIpc) is 2.74. The van der Waals surface area contributed by atoms with Crippen molar-refractivity contribution in [2.75, 3.05) is 0 Å². The number of nitrogens with zero attached hydrogens (tertiary/aromatic N) is 1. The third-order valence-electron chi connectivity index (χ3n) is 3.56. The van der Waals surface area contributed by atoms with E-state index in [0.717, 1.165) is 24.1 Å². The minimum absolute atomic E-state index is 0.397. The molecular weight excluding hydrogens is 210 g/mol. The van der Waals surface area contributed by atoms with Gasteiger partial charge in [-0.15, -0.1) is 0 Å². The van der Waals surface area contributed by atoms with Crippen molar-refractivity contribution in [3.05, 3.63) is 41.6 Å². The molecule has 0 N–H and O–H groups in total. The van der Waals surface area contributed by atoms with E-state index in [4.69, 9.17) is 0 Å². The van der Waals surface area contributed by atoms with Gasteiger partial charge in [0.2, 0.25) is 0 Å². The van der Waals surface area contributed by atoms with Crippen LogP contribution in [0.2, 0.25) is 0 Å². The van der Waals surface area contributed by atoms with Gasteiger partial charge < -0.3 is 0 Å². The number of Topliss-reactive ketones (excluding diaryl/α,β-unsaturated/α-hetero) is 1. The third kappa shape index (κ3) is 1.84. The quantitative estimate of drug-likeness (QED) is 0.744. The van der Waals surface area contributed by atoms with Crippen LogP contribution in [0.5, 0.6) is 0 Å². The monoisotopic (exact) mass is 225 g/mol. The Balaban J connectivity index is 2.17. The number of carbonyl (C=O) groups excluding carboxylic acids is 1. The summed E-state index contributed by atoms with van der Waals surface area (Å²) in [5, 5.41) is 1.21. The largest absolute Gasteiger partial charge is 0.300 e. The number of carbonyl (C=O) groups is 1. The zero-order valence-electron chi connectivity index (χ0n) is 9.94. The molecule has 1 unspecified atom stereocenters. The Morgan fingerprint density at radius 3 is 2.88 bits per heavy atom. The molecule has 2 heteroatoms. The summed E-state index contributed by atoms with van der Waals surface area (Å²) in [6.45, 7) is 2.02. The maximum Gasteiger partial charge on any atom is 0.133 e. The maximum atomic E-state index is 11.4. The lowest BCUT2D eigenvalue weighted by Gasteiger charge is -2.13. The highest BCUT2D eigenvalue weighted by Gasteiger charge is 2.25. The second-order valence-electron chi connectivity index (χ2n) is 4.85. The van der Waals surface area contributed by atoms with Crippen molar-refractivity contribution in [3.8, 4) is 0 Å². The van der Waals surface area contributed by atoms with Gasteiger partial charge in [0.05, 0.1) is 5.52 Å². The first-order valence-corrected chi connectivity index (χ1v) is 6.12. The van der Waals surface area contributed by atoms with Crippen molar-refractivity contribution in [2.45, 2.75) is 32.1 Å². The highest BCUT2D eigenvalue weighted by molar-refractivity contribution is 5.86. The molecule has 1 atom stereocenters. The van der Waals surface area contributed by atoms with Crippen LogP contribution >= 0.6 is 0 Å². The van der Waals surface area contributed by atoms with Crippen LogP contribution in [0.3, 0.4) is 0 Å². The molecule has 86 valence electrons. The van der Waals surface area contributed by atoms with Crippen LogP contribution in [-0.4, -0.2) is 10.8 Å². The Hall–Kier alpha value is -1.70. The molecule has 1 aliphatic rings. The van der Waals surface area contributed by atoms with E-state index in [1.165, 1.54) is 10.9 Å². The van der Waals surface area contributed by atoms with Crippen molar-refractivity contribution in [2.24, 2.45) is 0 Å². The minimum atomic E-state index is 0.397. The van der Waals surface area contributed by atoms with Crippen molar-refractivity contribution in [1.82, 2.24) is 4.98 Å². The van der Waals surface area contributed by atoms with Gasteiger partial charge >= 0.3 is 0 Å². The first kappa shape index (κ1) is 10.5. The molecule has 3 rings (SSSR count). The molecule has 0 aliphatic heterocycles. The van der Waals surface area contributed by atoms with Crippen LogP contribution < -0.4 is 0 Å². The van der Waals surface area contributed by atoms with Crippen LogP contribution in [0.1, 0.15) is 36.4 Å². The molecule has 0 bridgehead atoms. The third-order valence-corrected chi connectivity index (χ3v) is 3.56. The van der Waals surface area contributed by atoms with Crippen LogP contribution in [0.4, 0.5) is 0 Å². The second-order valence-corrected chi connectivity index (χ2v) is 4.85. The van der Waals surface area contributed by atoms with Crippen LogP contribution in [0, 0.1) is 6.92 Å². The number of hydrogen-bond acceptors (Lipinski definition) is 2. The number of ketones is 1. The van der Waals surface area contributed by atoms with Crippen LogP contribution in [0.15, 0.2) is 30.3 Å². The van der Waals surface area contributed by atoms with E-state index in [-0.39, 0.29) is 0 Å². The molecule has 1 saturated carbocycles. The van der Waals surface area contributed by atoms with Crippen molar-refractivity contribution >= 4 is 16.7 Å². The number of fused-ring (bicyclic) bond motifs is 1. The summed E-state index contributed by atoms with van der Waals surface area (Å²) in [4.78, 5) is 16.0. The molecule has 1 aliphatic carbocycles. The molecule has 1 aromatic heterocycles. The molecule has 2 aromatic rings. The van der Waals surface area contributed by atoms with E-state index in [2.05, 4.69) is 17.1 Å². The zero-order valence-corrected chi connectivity index (χ0v) is 9.94. The minimum Gasteiger partial charge on any atom is -0.300 e. The molecular formula is C15H15NO. The van der Waals surface area contributed by atoms with Gasteiger partial charge in [0.1, 0.15) is 5.78 Å². The lowest BCUT2D eigenvalue weighted by atomic mass is 9.93. The summed E-state index contributed by atoms with van der Waals surface area (Å²) in [7, 11) is 0. The summed E-state index contributed by atoms with van der Waals surface area (Å²) in [6, 6.07) is 10.4. The Labute approximate surface area is 101 Å². The van der Waals surface area contributed by atoms with Crippen LogP contribution in [-0.2, 0) is 4.79 Å². The van der Waals surface area contributed by atoms with Gasteiger partial charge in [0.15, 0.2) is 0 Å². The molecule has 0 radical (unpaired) electrons. The van der Waals surface area contributed by atoms with Gasteiger partial charge in [0.25, 0.3) is 0 Å². The van der Waals surface area contributed by atoms with Gasteiger partial charge in [-0.05, 0) is 37.0 Å². The molecule has 0 spiro atoms. The van der Waals surface area contributed by atoms with Gasteiger partial charge in [0, 0.05) is 23.9 Å². The number of para-hydroxylation sites is 1. The molecule has 1 heterocycles. The Morgan fingerprint density at radius 2 is 2.12 bits per heavy atom. The number of hydrogen-bond donors (Lipinski definition) is 0. The van der Waals surface area contributed by atoms with Crippen molar-refractivity contribution < 1.29 is 4.79 Å². The van der Waals surface area contributed by atoms with E-state index in [9.17, 15) is 4.79 Å². The van der Waals surface area contributed by atoms with Gasteiger partial charge in [-0.1, -0.05) is 18.2 Å². The number of aryl methyl sites for hydroxylation is 1. The maximum absolute atomic E-state index is 11.4. The standard InChI is InChI=1S/C15H15NO/c1-10-8-14(11-6-7-12(17)9-11)13-4-2-3-5-15(13)16-10/h2-5,8,11H,6-7,9H2,1H3. The fourth-order valence-electron chi connectivity index (χ4n) is 2.76. The molecule has 0 saturated heterocycles. The molecule has 1 aromatic carbocycles. The summed E-state index contributed by atoms with van der Waals surface area (Å²) in [5.74, 6) is 0.794. The highest BCUT2D eigenvalue weighted by Crippen LogP contribution is 2.35. The SMILES string of the molecule is Cc1cc(C2CCC(=O)C2)c2ccccc2n1. The Morgan fingerprint density at radius 1 is 1.29 bits per heavy atom. The summed E-state index contributed by atoms with van der Waals surface area (Å²) < 4.78 is 0. The predicted octanol–water partition coefficient (Wildman–Crippen LogP) is 3.38. The molecule has 2 nitrogen and oxygen atoms in total. The van der Waals surface area contributed by atoms with Gasteiger partial charge in [-0.2, -0.15) is 0 Å². The van der Waals surface area contributed by atoms with E-state index in [0.29, 0.717) is 18.1 Å². The predicted molar refractivity (Wildman–Crippen MR) is 68.1 cm³/mol. The molecule has 17 heavy (non-hydrogen) atoms. The lowest BCUT2D eigenvalue weighted by Crippen LogP contribution is -1.98. The first-order chi connectivity index (χ1) is 8.24. The fourth-order valence-corrected chi connectivity index (χ4v) is 2.76. The highest BCUT2D eigenvalue weighted by atomic mass is 16.1. The number of benzene rings is 1. The zero-order chi connectivity index (χ0) is 11.8. The second kappa shape index (κ2) is 3.95. The van der Waals surface area contributed by atoms with Crippen molar-refractivity contribution in [1.29, 1.82) is 0 Å². The normalized spacial score (nSPS) is 20.1.